The Morgan fingerprint density at radius 1 is 1.40 bits per heavy atom. The summed E-state index contributed by atoms with van der Waals surface area (Å²) >= 11 is 0. The third kappa shape index (κ3) is 5.28. The zero-order valence-electron chi connectivity index (χ0n) is 18.4. The molecule has 0 saturated carbocycles. The minimum absolute atomic E-state index is 0.121. The molecule has 0 aromatic heterocycles. The summed E-state index contributed by atoms with van der Waals surface area (Å²) < 4.78 is 10.3. The average molecular weight is 420 g/mol. The molecule has 0 bridgehead atoms. The first kappa shape index (κ1) is 24.1. The van der Waals surface area contributed by atoms with Gasteiger partial charge in [-0.15, -0.1) is 0 Å². The number of carbonyl (C=O) groups excluding carboxylic acids is 2. The van der Waals surface area contributed by atoms with Crippen molar-refractivity contribution >= 4 is 11.9 Å². The molecular weight excluding hydrogens is 386 g/mol. The highest BCUT2D eigenvalue weighted by molar-refractivity contribution is 5.91. The van der Waals surface area contributed by atoms with Crippen molar-refractivity contribution in [3.8, 4) is 0 Å². The number of epoxide rings is 1. The summed E-state index contributed by atoms with van der Waals surface area (Å²) in [5.74, 6) is -0.597. The molecule has 2 aliphatic rings. The zero-order chi connectivity index (χ0) is 22.5. The smallest absolute Gasteiger partial charge is 0.333 e. The van der Waals surface area contributed by atoms with E-state index in [0.29, 0.717) is 12.0 Å². The van der Waals surface area contributed by atoms with Gasteiger partial charge >= 0.3 is 5.97 Å². The standard InChI is InChI=1S/C23H33NO6/c1-6-18(19(26)29-5)13-17(4)12-15(2)8-7-9-16(3)14-22(28)20-23(30-20,10-11-25)24-21(22)27/h6-9,12,17,20,25,28H,10-11,13-14H2,1-5H3,(H,24,27). The van der Waals surface area contributed by atoms with Gasteiger partial charge in [-0.1, -0.05) is 48.5 Å². The van der Waals surface area contributed by atoms with E-state index in [-0.39, 0.29) is 31.3 Å². The van der Waals surface area contributed by atoms with Crippen LogP contribution in [0, 0.1) is 5.92 Å². The summed E-state index contributed by atoms with van der Waals surface area (Å²) in [5.41, 5.74) is -0.00269. The van der Waals surface area contributed by atoms with Gasteiger partial charge in [0.1, 0.15) is 6.10 Å². The quantitative estimate of drug-likeness (QED) is 0.217. The van der Waals surface area contributed by atoms with Crippen LogP contribution in [0.25, 0.3) is 0 Å². The molecule has 7 nitrogen and oxygen atoms in total. The fourth-order valence-electron chi connectivity index (χ4n) is 3.97. The van der Waals surface area contributed by atoms with E-state index in [0.717, 1.165) is 11.1 Å². The second-order valence-corrected chi connectivity index (χ2v) is 8.19. The summed E-state index contributed by atoms with van der Waals surface area (Å²) in [6, 6.07) is 0. The van der Waals surface area contributed by atoms with Gasteiger partial charge < -0.3 is 25.0 Å². The monoisotopic (exact) mass is 419 g/mol. The zero-order valence-corrected chi connectivity index (χ0v) is 18.4. The van der Waals surface area contributed by atoms with E-state index in [4.69, 9.17) is 14.6 Å². The van der Waals surface area contributed by atoms with Crippen molar-refractivity contribution in [3.63, 3.8) is 0 Å². The first-order valence-electron chi connectivity index (χ1n) is 10.2. The van der Waals surface area contributed by atoms with Gasteiger partial charge in [-0.05, 0) is 33.1 Å². The maximum absolute atomic E-state index is 12.2. The van der Waals surface area contributed by atoms with Gasteiger partial charge in [0.15, 0.2) is 11.3 Å². The fraction of sp³-hybridized carbons (Fsp3) is 0.565. The lowest BCUT2D eigenvalue weighted by atomic mass is 9.90. The van der Waals surface area contributed by atoms with Crippen LogP contribution in [0.2, 0.25) is 0 Å². The molecule has 0 radical (unpaired) electrons. The maximum Gasteiger partial charge on any atom is 0.333 e. The van der Waals surface area contributed by atoms with Gasteiger partial charge in [0.05, 0.1) is 7.11 Å². The molecule has 166 valence electrons. The fourth-order valence-corrected chi connectivity index (χ4v) is 3.97. The summed E-state index contributed by atoms with van der Waals surface area (Å²) in [7, 11) is 1.38. The predicted molar refractivity (Wildman–Crippen MR) is 113 cm³/mol. The molecule has 0 aromatic carbocycles. The molecule has 2 heterocycles. The van der Waals surface area contributed by atoms with E-state index in [2.05, 4.69) is 11.4 Å². The minimum atomic E-state index is -1.61. The largest absolute Gasteiger partial charge is 0.466 e. The van der Waals surface area contributed by atoms with Gasteiger partial charge in [-0.25, -0.2) is 4.79 Å². The Hall–Kier alpha value is -2.22. The van der Waals surface area contributed by atoms with Crippen molar-refractivity contribution in [3.05, 3.63) is 47.1 Å². The van der Waals surface area contributed by atoms with Crippen LogP contribution in [0.1, 0.15) is 47.0 Å². The molecule has 2 rings (SSSR count). The highest BCUT2D eigenvalue weighted by atomic mass is 16.7. The van der Waals surface area contributed by atoms with Crippen LogP contribution >= 0.6 is 0 Å². The van der Waals surface area contributed by atoms with Gasteiger partial charge in [0, 0.05) is 25.0 Å². The third-order valence-corrected chi connectivity index (χ3v) is 5.50. The Bertz CT molecular complexity index is 796. The van der Waals surface area contributed by atoms with Crippen LogP contribution in [0.4, 0.5) is 0 Å². The number of fused-ring (bicyclic) bond motifs is 1. The van der Waals surface area contributed by atoms with Crippen LogP contribution in [-0.2, 0) is 19.1 Å². The number of amides is 1. The van der Waals surface area contributed by atoms with E-state index < -0.39 is 23.3 Å². The first-order chi connectivity index (χ1) is 14.1. The van der Waals surface area contributed by atoms with Gasteiger partial charge in [-0.3, -0.25) is 4.79 Å². The lowest BCUT2D eigenvalue weighted by molar-refractivity contribution is -0.141. The number of nitrogens with one attached hydrogen (secondary N) is 1. The topological polar surface area (TPSA) is 108 Å². The Morgan fingerprint density at radius 2 is 2.10 bits per heavy atom. The SMILES string of the molecule is CC=C(CC(C)C=C(C)C=CC=C(C)CC1(O)C(=O)NC2(CCO)OC21)C(=O)OC. The third-order valence-electron chi connectivity index (χ3n) is 5.50. The molecule has 1 amide bonds. The number of esters is 1. The summed E-state index contributed by atoms with van der Waals surface area (Å²) in [6.45, 7) is 7.56. The van der Waals surface area contributed by atoms with Crippen LogP contribution in [0.3, 0.4) is 0 Å². The van der Waals surface area contributed by atoms with E-state index in [1.54, 1.807) is 6.08 Å². The van der Waals surface area contributed by atoms with Crippen LogP contribution < -0.4 is 5.32 Å². The second kappa shape index (κ2) is 9.73. The molecule has 4 unspecified atom stereocenters. The molecule has 0 aromatic rings. The number of allylic oxidation sites excluding steroid dienone is 6. The molecule has 0 aliphatic carbocycles. The van der Waals surface area contributed by atoms with E-state index in [1.807, 2.05) is 45.9 Å². The molecule has 2 saturated heterocycles. The van der Waals surface area contributed by atoms with Gasteiger partial charge in [-0.2, -0.15) is 0 Å². The lowest BCUT2D eigenvalue weighted by Gasteiger charge is -2.20. The highest BCUT2D eigenvalue weighted by Crippen LogP contribution is 2.51. The van der Waals surface area contributed by atoms with Crippen molar-refractivity contribution in [1.29, 1.82) is 0 Å². The average Bonchev–Trinajstić information content (AvgIpc) is 3.34. The Morgan fingerprint density at radius 3 is 2.70 bits per heavy atom. The van der Waals surface area contributed by atoms with Crippen molar-refractivity contribution in [2.75, 3.05) is 13.7 Å². The van der Waals surface area contributed by atoms with E-state index in [1.165, 1.54) is 7.11 Å². The second-order valence-electron chi connectivity index (χ2n) is 8.19. The van der Waals surface area contributed by atoms with Gasteiger partial charge in [0.2, 0.25) is 0 Å². The highest BCUT2D eigenvalue weighted by Gasteiger charge is 2.75. The minimum Gasteiger partial charge on any atom is -0.466 e. The number of rotatable bonds is 10. The summed E-state index contributed by atoms with van der Waals surface area (Å²) in [6.07, 6.45) is 9.91. The molecule has 4 atom stereocenters. The van der Waals surface area contributed by atoms with Crippen molar-refractivity contribution in [2.45, 2.75) is 64.4 Å². The Balaban J connectivity index is 1.94. The van der Waals surface area contributed by atoms with E-state index in [9.17, 15) is 14.7 Å². The van der Waals surface area contributed by atoms with Crippen molar-refractivity contribution in [1.82, 2.24) is 5.32 Å². The predicted octanol–water partition coefficient (Wildman–Crippen LogP) is 2.31. The molecular formula is C23H33NO6. The van der Waals surface area contributed by atoms with Crippen LogP contribution in [0.5, 0.6) is 0 Å². The number of hydrogen-bond donors (Lipinski definition) is 3. The normalized spacial score (nSPS) is 30.3. The number of hydrogen-bond acceptors (Lipinski definition) is 6. The number of aliphatic hydroxyl groups is 2. The summed E-state index contributed by atoms with van der Waals surface area (Å²) in [4.78, 5) is 23.9. The van der Waals surface area contributed by atoms with E-state index >= 15 is 0 Å². The molecule has 2 aliphatic heterocycles. The van der Waals surface area contributed by atoms with Crippen molar-refractivity contribution < 1.29 is 29.3 Å². The first-order valence-corrected chi connectivity index (χ1v) is 10.2. The van der Waals surface area contributed by atoms with Crippen molar-refractivity contribution in [2.24, 2.45) is 5.92 Å². The lowest BCUT2D eigenvalue weighted by Crippen LogP contribution is -2.45. The van der Waals surface area contributed by atoms with Crippen LogP contribution in [-0.4, -0.2) is 53.2 Å². The number of aliphatic hydroxyl groups excluding tert-OH is 1. The molecule has 3 N–H and O–H groups in total. The molecule has 0 spiro atoms. The molecule has 30 heavy (non-hydrogen) atoms. The number of methoxy groups -OCH3 is 1. The Kier molecular flexibility index (Phi) is 7.80. The number of carbonyl (C=O) groups is 2. The Labute approximate surface area is 178 Å². The maximum atomic E-state index is 12.2. The molecule has 7 heteroatoms. The molecule has 2 fully saturated rings. The van der Waals surface area contributed by atoms with Crippen LogP contribution in [0.15, 0.2) is 47.1 Å². The van der Waals surface area contributed by atoms with Gasteiger partial charge in [0.25, 0.3) is 5.91 Å². The number of ether oxygens (including phenoxy) is 2. The summed E-state index contributed by atoms with van der Waals surface area (Å²) in [5, 5.41) is 22.6.